The Labute approximate surface area is 179 Å². The van der Waals surface area contributed by atoms with Crippen molar-refractivity contribution in [3.05, 3.63) is 74.1 Å². The van der Waals surface area contributed by atoms with Crippen molar-refractivity contribution in [3.63, 3.8) is 0 Å². The third kappa shape index (κ3) is 4.16. The van der Waals surface area contributed by atoms with Crippen molar-refractivity contribution in [2.45, 2.75) is 38.3 Å². The Hall–Kier alpha value is -3.26. The summed E-state index contributed by atoms with van der Waals surface area (Å²) in [7, 11) is 3.92. The van der Waals surface area contributed by atoms with Gasteiger partial charge in [-0.25, -0.2) is 9.78 Å². The molecule has 0 radical (unpaired) electrons. The van der Waals surface area contributed by atoms with Gasteiger partial charge in [0, 0.05) is 24.7 Å². The Balaban J connectivity index is 1.73. The summed E-state index contributed by atoms with van der Waals surface area (Å²) in [4.78, 5) is 47.1. The Morgan fingerprint density at radius 1 is 1.26 bits per heavy atom. The molecule has 162 valence electrons. The summed E-state index contributed by atoms with van der Waals surface area (Å²) in [5, 5.41) is 3.15. The molecule has 0 spiro atoms. The maximum Gasteiger partial charge on any atom is 0.329 e. The molecule has 1 amide bonds. The number of pyridine rings is 1. The Kier molecular flexibility index (Phi) is 5.73. The van der Waals surface area contributed by atoms with E-state index in [2.05, 4.69) is 15.3 Å². The van der Waals surface area contributed by atoms with E-state index < -0.39 is 11.2 Å². The molecule has 3 aromatic rings. The second-order valence-corrected chi connectivity index (χ2v) is 8.17. The van der Waals surface area contributed by atoms with Crippen molar-refractivity contribution in [3.8, 4) is 0 Å². The SMILES string of the molecule is CCn1c(=O)[nH]c(=O)c2c(C(=O)NCC(c3ccccc3)N(C)C)cc(C3CC3)nc21. The molecule has 31 heavy (non-hydrogen) atoms. The number of aromatic amines is 1. The molecule has 1 aliphatic rings. The van der Waals surface area contributed by atoms with Gasteiger partial charge in [0.1, 0.15) is 0 Å². The van der Waals surface area contributed by atoms with Gasteiger partial charge in [-0.2, -0.15) is 0 Å². The smallest absolute Gasteiger partial charge is 0.329 e. The molecule has 1 aliphatic carbocycles. The lowest BCUT2D eigenvalue weighted by Gasteiger charge is -2.25. The van der Waals surface area contributed by atoms with Gasteiger partial charge in [0.05, 0.1) is 17.0 Å². The van der Waals surface area contributed by atoms with E-state index in [1.807, 2.05) is 56.3 Å². The highest BCUT2D eigenvalue weighted by atomic mass is 16.2. The number of benzene rings is 1. The summed E-state index contributed by atoms with van der Waals surface area (Å²) >= 11 is 0. The van der Waals surface area contributed by atoms with Gasteiger partial charge < -0.3 is 10.2 Å². The molecule has 0 saturated heterocycles. The number of fused-ring (bicyclic) bond motifs is 1. The number of rotatable bonds is 7. The van der Waals surface area contributed by atoms with Crippen LogP contribution in [-0.2, 0) is 6.54 Å². The van der Waals surface area contributed by atoms with Crippen LogP contribution in [0, 0.1) is 0 Å². The Morgan fingerprint density at radius 3 is 2.58 bits per heavy atom. The van der Waals surface area contributed by atoms with E-state index in [1.54, 1.807) is 6.07 Å². The predicted octanol–water partition coefficient (Wildman–Crippen LogP) is 2.01. The standard InChI is InChI=1S/C23H27N5O3/c1-4-28-20-19(22(30)26-23(28)31)16(12-17(25-20)14-10-11-14)21(29)24-13-18(27(2)3)15-8-6-5-7-9-15/h5-9,12,14,18H,4,10-11,13H2,1-3H3,(H,24,29)(H,26,30,31). The fourth-order valence-corrected chi connectivity index (χ4v) is 3.91. The normalized spacial score (nSPS) is 14.7. The molecule has 1 atom stereocenters. The maximum atomic E-state index is 13.3. The van der Waals surface area contributed by atoms with E-state index in [9.17, 15) is 14.4 Å². The number of amides is 1. The van der Waals surface area contributed by atoms with Crippen LogP contribution in [0.25, 0.3) is 11.0 Å². The molecule has 8 nitrogen and oxygen atoms in total. The van der Waals surface area contributed by atoms with Gasteiger partial charge in [0.2, 0.25) is 0 Å². The van der Waals surface area contributed by atoms with Gasteiger partial charge in [-0.3, -0.25) is 19.1 Å². The first-order chi connectivity index (χ1) is 14.9. The van der Waals surface area contributed by atoms with Gasteiger partial charge >= 0.3 is 5.69 Å². The van der Waals surface area contributed by atoms with Gasteiger partial charge in [-0.1, -0.05) is 30.3 Å². The molecule has 1 fully saturated rings. The molecule has 0 aliphatic heterocycles. The van der Waals surface area contributed by atoms with Gasteiger partial charge in [0.25, 0.3) is 11.5 Å². The molecule has 1 saturated carbocycles. The molecule has 4 rings (SSSR count). The highest BCUT2D eigenvalue weighted by molar-refractivity contribution is 6.05. The second-order valence-electron chi connectivity index (χ2n) is 8.17. The average Bonchev–Trinajstić information content (AvgIpc) is 3.59. The lowest BCUT2D eigenvalue weighted by atomic mass is 10.1. The van der Waals surface area contributed by atoms with E-state index in [4.69, 9.17) is 0 Å². The highest BCUT2D eigenvalue weighted by Crippen LogP contribution is 2.39. The van der Waals surface area contributed by atoms with Crippen molar-refractivity contribution >= 4 is 16.9 Å². The minimum absolute atomic E-state index is 0.0201. The number of aromatic nitrogens is 3. The molecular formula is C23H27N5O3. The van der Waals surface area contributed by atoms with E-state index in [0.29, 0.717) is 13.1 Å². The second kappa shape index (κ2) is 8.47. The van der Waals surface area contributed by atoms with Crippen LogP contribution < -0.4 is 16.6 Å². The number of aryl methyl sites for hydroxylation is 1. The van der Waals surface area contributed by atoms with E-state index >= 15 is 0 Å². The van der Waals surface area contributed by atoms with Crippen LogP contribution in [0.4, 0.5) is 0 Å². The lowest BCUT2D eigenvalue weighted by molar-refractivity contribution is 0.0943. The third-order valence-electron chi connectivity index (χ3n) is 5.79. The average molecular weight is 422 g/mol. The highest BCUT2D eigenvalue weighted by Gasteiger charge is 2.29. The van der Waals surface area contributed by atoms with Gasteiger partial charge in [-0.15, -0.1) is 0 Å². The first-order valence-corrected chi connectivity index (χ1v) is 10.6. The van der Waals surface area contributed by atoms with Crippen LogP contribution in [0.5, 0.6) is 0 Å². The van der Waals surface area contributed by atoms with Gasteiger partial charge in [-0.05, 0) is 45.5 Å². The summed E-state index contributed by atoms with van der Waals surface area (Å²) in [5.74, 6) is -0.0710. The fourth-order valence-electron chi connectivity index (χ4n) is 3.91. The summed E-state index contributed by atoms with van der Waals surface area (Å²) < 4.78 is 1.41. The lowest BCUT2D eigenvalue weighted by Crippen LogP contribution is -2.36. The molecule has 2 heterocycles. The van der Waals surface area contributed by atoms with Crippen LogP contribution in [-0.4, -0.2) is 46.0 Å². The van der Waals surface area contributed by atoms with Crippen LogP contribution >= 0.6 is 0 Å². The summed E-state index contributed by atoms with van der Waals surface area (Å²) in [6.07, 6.45) is 1.99. The van der Waals surface area contributed by atoms with Crippen molar-refractivity contribution in [2.24, 2.45) is 0 Å². The Bertz CT molecular complexity index is 1230. The molecular weight excluding hydrogens is 394 g/mol. The number of hydrogen-bond donors (Lipinski definition) is 2. The third-order valence-corrected chi connectivity index (χ3v) is 5.79. The number of carbonyl (C=O) groups excluding carboxylic acids is 1. The van der Waals surface area contributed by atoms with Crippen molar-refractivity contribution in [2.75, 3.05) is 20.6 Å². The topological polar surface area (TPSA) is 100 Å². The number of carbonyl (C=O) groups is 1. The van der Waals surface area contributed by atoms with Crippen molar-refractivity contribution in [1.82, 2.24) is 24.8 Å². The number of H-pyrrole nitrogens is 1. The van der Waals surface area contributed by atoms with Crippen LogP contribution in [0.15, 0.2) is 46.0 Å². The van der Waals surface area contributed by atoms with Crippen LogP contribution in [0.2, 0.25) is 0 Å². The molecule has 2 aromatic heterocycles. The van der Waals surface area contributed by atoms with E-state index in [1.165, 1.54) is 4.57 Å². The zero-order valence-corrected chi connectivity index (χ0v) is 18.0. The van der Waals surface area contributed by atoms with E-state index in [0.717, 1.165) is 24.1 Å². The number of hydrogen-bond acceptors (Lipinski definition) is 5. The molecule has 1 unspecified atom stereocenters. The van der Waals surface area contributed by atoms with Crippen molar-refractivity contribution < 1.29 is 4.79 Å². The quantitative estimate of drug-likeness (QED) is 0.608. The molecule has 8 heteroatoms. The monoisotopic (exact) mass is 421 g/mol. The molecule has 2 N–H and O–H groups in total. The molecule has 0 bridgehead atoms. The minimum Gasteiger partial charge on any atom is -0.350 e. The zero-order valence-electron chi connectivity index (χ0n) is 18.0. The fraction of sp³-hybridized carbons (Fsp3) is 0.391. The first-order valence-electron chi connectivity index (χ1n) is 10.6. The maximum absolute atomic E-state index is 13.3. The summed E-state index contributed by atoms with van der Waals surface area (Å²) in [6, 6.07) is 11.6. The van der Waals surface area contributed by atoms with Crippen LogP contribution in [0.3, 0.4) is 0 Å². The zero-order chi connectivity index (χ0) is 22.1. The molecule has 1 aromatic carbocycles. The number of likely N-dealkylation sites (N-methyl/N-ethyl adjacent to an activating group) is 1. The number of nitrogens with zero attached hydrogens (tertiary/aromatic N) is 3. The first kappa shape index (κ1) is 21.0. The largest absolute Gasteiger partial charge is 0.350 e. The number of nitrogens with one attached hydrogen (secondary N) is 2. The Morgan fingerprint density at radius 2 is 1.97 bits per heavy atom. The van der Waals surface area contributed by atoms with Gasteiger partial charge in [0.15, 0.2) is 5.65 Å². The van der Waals surface area contributed by atoms with E-state index in [-0.39, 0.29) is 34.5 Å². The summed E-state index contributed by atoms with van der Waals surface area (Å²) in [6.45, 7) is 2.54. The summed E-state index contributed by atoms with van der Waals surface area (Å²) in [5.41, 5.74) is 1.29. The minimum atomic E-state index is -0.586. The van der Waals surface area contributed by atoms with Crippen LogP contribution in [0.1, 0.15) is 53.3 Å². The predicted molar refractivity (Wildman–Crippen MR) is 119 cm³/mol. The van der Waals surface area contributed by atoms with Crippen molar-refractivity contribution in [1.29, 1.82) is 0 Å².